The maximum atomic E-state index is 11.9. The molecule has 0 unspecified atom stereocenters. The Morgan fingerprint density at radius 1 is 1.18 bits per heavy atom. The normalized spacial score (nSPS) is 11.4. The summed E-state index contributed by atoms with van der Waals surface area (Å²) in [5, 5.41) is 9.22. The largest absolute Gasteiger partial charge is 0.357 e. The summed E-state index contributed by atoms with van der Waals surface area (Å²) < 4.78 is 0. The lowest BCUT2D eigenvalue weighted by Gasteiger charge is -2.12. The number of hydrogen-bond donors (Lipinski definition) is 3. The molecule has 0 aliphatic carbocycles. The van der Waals surface area contributed by atoms with Gasteiger partial charge in [-0.05, 0) is 37.8 Å². The number of aliphatic imine (C=N–C) groups is 1. The van der Waals surface area contributed by atoms with Gasteiger partial charge in [0.15, 0.2) is 5.96 Å². The van der Waals surface area contributed by atoms with Crippen LogP contribution in [-0.4, -0.2) is 31.5 Å². The van der Waals surface area contributed by atoms with Crippen LogP contribution in [0.1, 0.15) is 33.6 Å². The van der Waals surface area contributed by atoms with Crippen molar-refractivity contribution in [1.29, 1.82) is 0 Å². The van der Waals surface area contributed by atoms with E-state index in [1.165, 1.54) is 6.42 Å². The van der Waals surface area contributed by atoms with Gasteiger partial charge in [0.05, 0.1) is 0 Å². The number of para-hydroxylation sites is 1. The smallest absolute Gasteiger partial charge is 0.246 e. The molecule has 0 heterocycles. The number of amides is 1. The third-order valence-corrected chi connectivity index (χ3v) is 3.03. The molecule has 22 heavy (non-hydrogen) atoms. The third-order valence-electron chi connectivity index (χ3n) is 3.03. The molecule has 0 aliphatic heterocycles. The summed E-state index contributed by atoms with van der Waals surface area (Å²) in [5.74, 6) is 1.28. The van der Waals surface area contributed by atoms with Crippen LogP contribution < -0.4 is 16.0 Å². The fraction of sp³-hybridized carbons (Fsp3) is 0.529. The van der Waals surface area contributed by atoms with E-state index in [1.54, 1.807) is 0 Å². The highest BCUT2D eigenvalue weighted by molar-refractivity contribution is 5.94. The Kier molecular flexibility index (Phi) is 8.72. The molecular weight excluding hydrogens is 276 g/mol. The molecule has 1 aromatic carbocycles. The van der Waals surface area contributed by atoms with Crippen LogP contribution in [0.2, 0.25) is 0 Å². The van der Waals surface area contributed by atoms with Gasteiger partial charge in [-0.15, -0.1) is 0 Å². The number of carbonyl (C=O) groups is 1. The van der Waals surface area contributed by atoms with Crippen LogP contribution in [0.25, 0.3) is 0 Å². The summed E-state index contributed by atoms with van der Waals surface area (Å²) in [5.41, 5.74) is 0.789. The Labute approximate surface area is 133 Å². The van der Waals surface area contributed by atoms with Crippen molar-refractivity contribution >= 4 is 17.6 Å². The lowest BCUT2D eigenvalue weighted by molar-refractivity contribution is -0.114. The Bertz CT molecular complexity index is 457. The van der Waals surface area contributed by atoms with Crippen LogP contribution in [0.5, 0.6) is 0 Å². The van der Waals surface area contributed by atoms with Gasteiger partial charge in [0.1, 0.15) is 6.54 Å². The molecule has 1 amide bonds. The second-order valence-corrected chi connectivity index (χ2v) is 5.57. The molecule has 0 fully saturated rings. The van der Waals surface area contributed by atoms with Gasteiger partial charge < -0.3 is 16.0 Å². The number of hydrogen-bond acceptors (Lipinski definition) is 2. The van der Waals surface area contributed by atoms with E-state index in [-0.39, 0.29) is 12.5 Å². The van der Waals surface area contributed by atoms with Crippen molar-refractivity contribution < 1.29 is 4.79 Å². The minimum Gasteiger partial charge on any atom is -0.357 e. The molecule has 122 valence electrons. The van der Waals surface area contributed by atoms with Crippen LogP contribution in [0.15, 0.2) is 35.3 Å². The number of benzene rings is 1. The van der Waals surface area contributed by atoms with Crippen LogP contribution in [0.4, 0.5) is 5.69 Å². The molecule has 3 N–H and O–H groups in total. The average Bonchev–Trinajstić information content (AvgIpc) is 2.49. The number of nitrogens with zero attached hydrogens (tertiary/aromatic N) is 1. The molecule has 1 aromatic rings. The maximum Gasteiger partial charge on any atom is 0.246 e. The highest BCUT2D eigenvalue weighted by atomic mass is 16.1. The zero-order valence-corrected chi connectivity index (χ0v) is 13.9. The highest BCUT2D eigenvalue weighted by Crippen LogP contribution is 2.04. The van der Waals surface area contributed by atoms with Gasteiger partial charge in [-0.2, -0.15) is 0 Å². The van der Waals surface area contributed by atoms with Crippen molar-refractivity contribution in [3.05, 3.63) is 30.3 Å². The first kappa shape index (κ1) is 18.0. The SMILES string of the molecule is CCNC(=NCC(=O)Nc1ccccc1)NCCCC(C)C. The first-order valence-electron chi connectivity index (χ1n) is 7.99. The number of nitrogens with one attached hydrogen (secondary N) is 3. The van der Waals surface area contributed by atoms with E-state index >= 15 is 0 Å². The summed E-state index contributed by atoms with van der Waals surface area (Å²) in [7, 11) is 0. The van der Waals surface area contributed by atoms with Gasteiger partial charge in [0, 0.05) is 18.8 Å². The molecule has 0 atom stereocenters. The number of anilines is 1. The number of rotatable bonds is 8. The first-order valence-corrected chi connectivity index (χ1v) is 7.99. The predicted octanol–water partition coefficient (Wildman–Crippen LogP) is 2.62. The lowest BCUT2D eigenvalue weighted by atomic mass is 10.1. The predicted molar refractivity (Wildman–Crippen MR) is 93.1 cm³/mol. The Hall–Kier alpha value is -2.04. The van der Waals surface area contributed by atoms with Crippen molar-refractivity contribution in [2.75, 3.05) is 25.0 Å². The summed E-state index contributed by atoms with van der Waals surface area (Å²) in [6.07, 6.45) is 2.28. The van der Waals surface area contributed by atoms with Crippen molar-refractivity contribution in [1.82, 2.24) is 10.6 Å². The summed E-state index contributed by atoms with van der Waals surface area (Å²) in [4.78, 5) is 16.2. The van der Waals surface area contributed by atoms with Crippen LogP contribution in [0.3, 0.4) is 0 Å². The molecule has 0 saturated carbocycles. The minimum absolute atomic E-state index is 0.106. The fourth-order valence-electron chi connectivity index (χ4n) is 1.93. The summed E-state index contributed by atoms with van der Waals surface area (Å²) in [6, 6.07) is 9.41. The van der Waals surface area contributed by atoms with E-state index in [4.69, 9.17) is 0 Å². The zero-order valence-electron chi connectivity index (χ0n) is 13.9. The molecule has 5 heteroatoms. The van der Waals surface area contributed by atoms with Crippen LogP contribution >= 0.6 is 0 Å². The number of carbonyl (C=O) groups excluding carboxylic acids is 1. The van der Waals surface area contributed by atoms with E-state index in [0.717, 1.165) is 25.2 Å². The van der Waals surface area contributed by atoms with Gasteiger partial charge in [-0.25, -0.2) is 4.99 Å². The van der Waals surface area contributed by atoms with Crippen molar-refractivity contribution in [3.63, 3.8) is 0 Å². The van der Waals surface area contributed by atoms with E-state index < -0.39 is 0 Å². The topological polar surface area (TPSA) is 65.5 Å². The van der Waals surface area contributed by atoms with E-state index in [0.29, 0.717) is 11.9 Å². The highest BCUT2D eigenvalue weighted by Gasteiger charge is 2.03. The first-order chi connectivity index (χ1) is 10.6. The summed E-state index contributed by atoms with van der Waals surface area (Å²) in [6.45, 7) is 8.19. The molecule has 1 rings (SSSR count). The monoisotopic (exact) mass is 304 g/mol. The van der Waals surface area contributed by atoms with E-state index in [1.807, 2.05) is 37.3 Å². The molecule has 0 radical (unpaired) electrons. The molecule has 0 aromatic heterocycles. The van der Waals surface area contributed by atoms with Gasteiger partial charge in [-0.3, -0.25) is 4.79 Å². The van der Waals surface area contributed by atoms with E-state index in [2.05, 4.69) is 34.8 Å². The van der Waals surface area contributed by atoms with Crippen molar-refractivity contribution in [3.8, 4) is 0 Å². The molecule has 0 aliphatic rings. The Morgan fingerprint density at radius 3 is 2.55 bits per heavy atom. The molecule has 0 spiro atoms. The average molecular weight is 304 g/mol. The Balaban J connectivity index is 2.38. The molecule has 0 bridgehead atoms. The zero-order chi connectivity index (χ0) is 16.2. The van der Waals surface area contributed by atoms with Gasteiger partial charge >= 0.3 is 0 Å². The van der Waals surface area contributed by atoms with Crippen molar-refractivity contribution in [2.24, 2.45) is 10.9 Å². The third kappa shape index (κ3) is 8.29. The van der Waals surface area contributed by atoms with Crippen molar-refractivity contribution in [2.45, 2.75) is 33.6 Å². The molecular formula is C17H28N4O. The van der Waals surface area contributed by atoms with Gasteiger partial charge in [0.25, 0.3) is 0 Å². The second kappa shape index (κ2) is 10.7. The molecule has 0 saturated heterocycles. The quantitative estimate of drug-likeness (QED) is 0.393. The Morgan fingerprint density at radius 2 is 1.91 bits per heavy atom. The van der Waals surface area contributed by atoms with E-state index in [9.17, 15) is 4.79 Å². The minimum atomic E-state index is -0.120. The fourth-order valence-corrected chi connectivity index (χ4v) is 1.93. The van der Waals surface area contributed by atoms with Gasteiger partial charge in [-0.1, -0.05) is 32.0 Å². The van der Waals surface area contributed by atoms with Gasteiger partial charge in [0.2, 0.25) is 5.91 Å². The lowest BCUT2D eigenvalue weighted by Crippen LogP contribution is -2.38. The maximum absolute atomic E-state index is 11.9. The standard InChI is InChI=1S/C17H28N4O/c1-4-18-17(19-12-8-9-14(2)3)20-13-16(22)21-15-10-6-5-7-11-15/h5-7,10-11,14H,4,8-9,12-13H2,1-3H3,(H,21,22)(H2,18,19,20). The van der Waals surface area contributed by atoms with Crippen LogP contribution in [-0.2, 0) is 4.79 Å². The second-order valence-electron chi connectivity index (χ2n) is 5.57. The molecule has 5 nitrogen and oxygen atoms in total. The number of guanidine groups is 1. The summed E-state index contributed by atoms with van der Waals surface area (Å²) >= 11 is 0. The van der Waals surface area contributed by atoms with Crippen LogP contribution in [0, 0.1) is 5.92 Å².